The standard InChI is InChI=1S/C11H12N2O2/c1-14-11(15-2)10-4-3-8-7-12-6-5-9(8)13-10/h3-7,11H,1-2H3. The SMILES string of the molecule is COC(OC)c1ccc2cnccc2n1. The van der Waals surface area contributed by atoms with Crippen molar-refractivity contribution in [3.05, 3.63) is 36.3 Å². The van der Waals surface area contributed by atoms with Crippen molar-refractivity contribution in [3.63, 3.8) is 0 Å². The maximum Gasteiger partial charge on any atom is 0.200 e. The Hall–Kier alpha value is -1.52. The van der Waals surface area contributed by atoms with E-state index >= 15 is 0 Å². The number of nitrogens with zero attached hydrogens (tertiary/aromatic N) is 2. The highest BCUT2D eigenvalue weighted by molar-refractivity contribution is 5.77. The Morgan fingerprint density at radius 3 is 2.67 bits per heavy atom. The van der Waals surface area contributed by atoms with E-state index in [0.29, 0.717) is 0 Å². The van der Waals surface area contributed by atoms with Crippen molar-refractivity contribution in [2.45, 2.75) is 6.29 Å². The second kappa shape index (κ2) is 4.33. The molecule has 2 aromatic rings. The van der Waals surface area contributed by atoms with Crippen LogP contribution in [0.1, 0.15) is 12.0 Å². The molecule has 0 saturated heterocycles. The van der Waals surface area contributed by atoms with Gasteiger partial charge in [-0.25, -0.2) is 4.98 Å². The van der Waals surface area contributed by atoms with Crippen LogP contribution in [0, 0.1) is 0 Å². The number of aromatic nitrogens is 2. The van der Waals surface area contributed by atoms with Gasteiger partial charge in [-0.05, 0) is 18.2 Å². The average molecular weight is 204 g/mol. The van der Waals surface area contributed by atoms with Crippen LogP contribution in [0.4, 0.5) is 0 Å². The van der Waals surface area contributed by atoms with Crippen molar-refractivity contribution in [2.75, 3.05) is 14.2 Å². The van der Waals surface area contributed by atoms with Crippen LogP contribution in [0.3, 0.4) is 0 Å². The van der Waals surface area contributed by atoms with Crippen molar-refractivity contribution in [3.8, 4) is 0 Å². The van der Waals surface area contributed by atoms with Crippen LogP contribution in [-0.4, -0.2) is 24.2 Å². The Bertz CT molecular complexity index is 455. The van der Waals surface area contributed by atoms with E-state index in [0.717, 1.165) is 16.6 Å². The monoisotopic (exact) mass is 204 g/mol. The molecule has 0 aliphatic rings. The normalized spacial score (nSPS) is 11.1. The van der Waals surface area contributed by atoms with Gasteiger partial charge in [0, 0.05) is 32.0 Å². The number of fused-ring (bicyclic) bond motifs is 1. The molecule has 0 aliphatic heterocycles. The van der Waals surface area contributed by atoms with E-state index < -0.39 is 6.29 Å². The highest BCUT2D eigenvalue weighted by Gasteiger charge is 2.10. The molecule has 0 spiro atoms. The summed E-state index contributed by atoms with van der Waals surface area (Å²) in [5, 5.41) is 1.01. The molecule has 0 bridgehead atoms. The van der Waals surface area contributed by atoms with E-state index in [-0.39, 0.29) is 0 Å². The fourth-order valence-electron chi connectivity index (χ4n) is 1.45. The Morgan fingerprint density at radius 1 is 1.13 bits per heavy atom. The molecule has 4 nitrogen and oxygen atoms in total. The predicted molar refractivity (Wildman–Crippen MR) is 56.3 cm³/mol. The predicted octanol–water partition coefficient (Wildman–Crippen LogP) is 1.92. The number of ether oxygens (including phenoxy) is 2. The van der Waals surface area contributed by atoms with Crippen LogP contribution >= 0.6 is 0 Å². The van der Waals surface area contributed by atoms with E-state index in [4.69, 9.17) is 9.47 Å². The number of hydrogen-bond acceptors (Lipinski definition) is 4. The first-order valence-electron chi connectivity index (χ1n) is 4.61. The first-order chi connectivity index (χ1) is 7.35. The number of hydrogen-bond donors (Lipinski definition) is 0. The van der Waals surface area contributed by atoms with Crippen molar-refractivity contribution in [1.29, 1.82) is 0 Å². The Balaban J connectivity index is 2.46. The van der Waals surface area contributed by atoms with Gasteiger partial charge in [0.1, 0.15) is 0 Å². The van der Waals surface area contributed by atoms with Crippen LogP contribution in [0.25, 0.3) is 10.9 Å². The largest absolute Gasteiger partial charge is 0.350 e. The fourth-order valence-corrected chi connectivity index (χ4v) is 1.45. The minimum absolute atomic E-state index is 0.414. The third kappa shape index (κ3) is 1.95. The van der Waals surface area contributed by atoms with E-state index in [1.54, 1.807) is 26.6 Å². The zero-order valence-corrected chi connectivity index (χ0v) is 8.68. The summed E-state index contributed by atoms with van der Waals surface area (Å²) in [5.41, 5.74) is 1.65. The first-order valence-corrected chi connectivity index (χ1v) is 4.61. The summed E-state index contributed by atoms with van der Waals surface area (Å²) in [6.07, 6.45) is 3.08. The third-order valence-electron chi connectivity index (χ3n) is 2.18. The molecule has 2 aromatic heterocycles. The minimum Gasteiger partial charge on any atom is -0.350 e. The summed E-state index contributed by atoms with van der Waals surface area (Å²) >= 11 is 0. The highest BCUT2D eigenvalue weighted by atomic mass is 16.7. The lowest BCUT2D eigenvalue weighted by Crippen LogP contribution is -2.05. The molecule has 2 rings (SSSR count). The van der Waals surface area contributed by atoms with Crippen LogP contribution in [-0.2, 0) is 9.47 Å². The lowest BCUT2D eigenvalue weighted by atomic mass is 10.2. The van der Waals surface area contributed by atoms with Gasteiger partial charge in [0.05, 0.1) is 11.2 Å². The van der Waals surface area contributed by atoms with Crippen molar-refractivity contribution >= 4 is 10.9 Å². The smallest absolute Gasteiger partial charge is 0.200 e. The summed E-state index contributed by atoms with van der Waals surface area (Å²) in [6, 6.07) is 5.69. The second-order valence-corrected chi connectivity index (χ2v) is 3.11. The summed E-state index contributed by atoms with van der Waals surface area (Å²) in [4.78, 5) is 8.45. The second-order valence-electron chi connectivity index (χ2n) is 3.11. The molecule has 0 aliphatic carbocycles. The molecular formula is C11H12N2O2. The van der Waals surface area contributed by atoms with E-state index in [9.17, 15) is 0 Å². The van der Waals surface area contributed by atoms with Crippen LogP contribution in [0.2, 0.25) is 0 Å². The molecule has 4 heteroatoms. The Morgan fingerprint density at radius 2 is 1.93 bits per heavy atom. The van der Waals surface area contributed by atoms with Gasteiger partial charge in [-0.15, -0.1) is 0 Å². The molecule has 0 atom stereocenters. The number of rotatable bonds is 3. The van der Waals surface area contributed by atoms with Gasteiger partial charge in [0.2, 0.25) is 6.29 Å². The summed E-state index contributed by atoms with van der Waals surface area (Å²) < 4.78 is 10.3. The van der Waals surface area contributed by atoms with Crippen LogP contribution < -0.4 is 0 Å². The van der Waals surface area contributed by atoms with Crippen molar-refractivity contribution in [1.82, 2.24) is 9.97 Å². The Kier molecular flexibility index (Phi) is 2.89. The van der Waals surface area contributed by atoms with Gasteiger partial charge in [-0.1, -0.05) is 0 Å². The van der Waals surface area contributed by atoms with Crippen LogP contribution in [0.15, 0.2) is 30.6 Å². The molecule has 0 aromatic carbocycles. The topological polar surface area (TPSA) is 44.2 Å². The fraction of sp³-hybridized carbons (Fsp3) is 0.273. The highest BCUT2D eigenvalue weighted by Crippen LogP contribution is 2.18. The van der Waals surface area contributed by atoms with E-state index in [1.165, 1.54) is 0 Å². The third-order valence-corrected chi connectivity index (χ3v) is 2.18. The maximum absolute atomic E-state index is 5.13. The lowest BCUT2D eigenvalue weighted by Gasteiger charge is -2.12. The molecule has 0 saturated carbocycles. The number of pyridine rings is 2. The van der Waals surface area contributed by atoms with Gasteiger partial charge in [0.15, 0.2) is 0 Å². The molecular weight excluding hydrogens is 192 g/mol. The quantitative estimate of drug-likeness (QED) is 0.716. The van der Waals surface area contributed by atoms with Crippen LogP contribution in [0.5, 0.6) is 0 Å². The molecule has 0 amide bonds. The average Bonchev–Trinajstić information content (AvgIpc) is 2.30. The zero-order chi connectivity index (χ0) is 10.7. The van der Waals surface area contributed by atoms with Gasteiger partial charge in [0.25, 0.3) is 0 Å². The molecule has 0 N–H and O–H groups in total. The first kappa shape index (κ1) is 10.0. The summed E-state index contributed by atoms with van der Waals surface area (Å²) in [5.74, 6) is 0. The van der Waals surface area contributed by atoms with Gasteiger partial charge < -0.3 is 9.47 Å². The van der Waals surface area contributed by atoms with E-state index in [2.05, 4.69) is 9.97 Å². The van der Waals surface area contributed by atoms with Gasteiger partial charge >= 0.3 is 0 Å². The zero-order valence-electron chi connectivity index (χ0n) is 8.68. The summed E-state index contributed by atoms with van der Waals surface area (Å²) in [7, 11) is 3.18. The molecule has 78 valence electrons. The molecule has 2 heterocycles. The number of methoxy groups -OCH3 is 2. The molecule has 15 heavy (non-hydrogen) atoms. The van der Waals surface area contributed by atoms with Gasteiger partial charge in [-0.3, -0.25) is 4.98 Å². The molecule has 0 unspecified atom stereocenters. The molecule has 0 radical (unpaired) electrons. The Labute approximate surface area is 87.9 Å². The minimum atomic E-state index is -0.414. The lowest BCUT2D eigenvalue weighted by molar-refractivity contribution is -0.108. The maximum atomic E-state index is 5.13. The van der Waals surface area contributed by atoms with Crippen molar-refractivity contribution in [2.24, 2.45) is 0 Å². The van der Waals surface area contributed by atoms with Crippen molar-refractivity contribution < 1.29 is 9.47 Å². The van der Waals surface area contributed by atoms with Gasteiger partial charge in [-0.2, -0.15) is 0 Å². The van der Waals surface area contributed by atoms with E-state index in [1.807, 2.05) is 18.2 Å². The molecule has 0 fully saturated rings. The summed E-state index contributed by atoms with van der Waals surface area (Å²) in [6.45, 7) is 0.